The SMILES string of the molecule is CC(C)C(OC(=O)CCc1nc2cc(S(=O)(=O)N(C)C)ccc2n1C)C(=O)NC(N)=O. The summed E-state index contributed by atoms with van der Waals surface area (Å²) in [4.78, 5) is 39.7. The number of carbonyl (C=O) groups excluding carboxylic acids is 3. The number of nitrogens with one attached hydrogen (secondary N) is 1. The number of carbonyl (C=O) groups is 3. The number of hydrogen-bond acceptors (Lipinski definition) is 7. The third kappa shape index (κ3) is 5.58. The van der Waals surface area contributed by atoms with Crippen LogP contribution in [0.2, 0.25) is 0 Å². The first-order valence-electron chi connectivity index (χ1n) is 9.52. The molecule has 0 bridgehead atoms. The average Bonchev–Trinajstić information content (AvgIpc) is 2.98. The summed E-state index contributed by atoms with van der Waals surface area (Å²) in [6.45, 7) is 3.34. The van der Waals surface area contributed by atoms with Crippen molar-refractivity contribution < 1.29 is 27.5 Å². The van der Waals surface area contributed by atoms with Crippen LogP contribution < -0.4 is 11.1 Å². The smallest absolute Gasteiger partial charge is 0.318 e. The van der Waals surface area contributed by atoms with Crippen molar-refractivity contribution in [2.45, 2.75) is 37.7 Å². The van der Waals surface area contributed by atoms with Crippen molar-refractivity contribution in [2.75, 3.05) is 14.1 Å². The number of sulfonamides is 1. The van der Waals surface area contributed by atoms with Gasteiger partial charge in [-0.15, -0.1) is 0 Å². The highest BCUT2D eigenvalue weighted by Gasteiger charge is 2.27. The number of primary amides is 1. The molecule has 0 radical (unpaired) electrons. The van der Waals surface area contributed by atoms with Crippen LogP contribution in [0, 0.1) is 5.92 Å². The number of aromatic nitrogens is 2. The van der Waals surface area contributed by atoms with Crippen LogP contribution >= 0.6 is 0 Å². The predicted octanol–water partition coefficient (Wildman–Crippen LogP) is 0.519. The number of benzene rings is 1. The van der Waals surface area contributed by atoms with E-state index in [9.17, 15) is 22.8 Å². The number of amides is 3. The van der Waals surface area contributed by atoms with Gasteiger partial charge in [0.05, 0.1) is 22.3 Å². The zero-order valence-corrected chi connectivity index (χ0v) is 18.9. The normalized spacial score (nSPS) is 12.9. The number of nitrogens with zero attached hydrogens (tertiary/aromatic N) is 3. The molecule has 1 unspecified atom stereocenters. The van der Waals surface area contributed by atoms with Gasteiger partial charge in [0, 0.05) is 27.6 Å². The van der Waals surface area contributed by atoms with Gasteiger partial charge in [-0.25, -0.2) is 22.5 Å². The maximum atomic E-state index is 12.3. The van der Waals surface area contributed by atoms with Crippen LogP contribution in [0.25, 0.3) is 11.0 Å². The molecule has 1 atom stereocenters. The lowest BCUT2D eigenvalue weighted by molar-refractivity contribution is -0.158. The lowest BCUT2D eigenvalue weighted by Crippen LogP contribution is -2.45. The molecule has 0 spiro atoms. The van der Waals surface area contributed by atoms with E-state index in [-0.39, 0.29) is 23.7 Å². The van der Waals surface area contributed by atoms with Crippen molar-refractivity contribution in [3.63, 3.8) is 0 Å². The van der Waals surface area contributed by atoms with Gasteiger partial charge in [0.1, 0.15) is 5.82 Å². The number of aryl methyl sites for hydroxylation is 2. The molecule has 0 fully saturated rings. The first-order chi connectivity index (χ1) is 14.3. The van der Waals surface area contributed by atoms with E-state index in [2.05, 4.69) is 4.98 Å². The summed E-state index contributed by atoms with van der Waals surface area (Å²) in [6.07, 6.45) is -1.01. The fraction of sp³-hybridized carbons (Fsp3) is 0.474. The highest BCUT2D eigenvalue weighted by molar-refractivity contribution is 7.89. The Morgan fingerprint density at radius 1 is 1.26 bits per heavy atom. The number of ether oxygens (including phenoxy) is 1. The van der Waals surface area contributed by atoms with Crippen LogP contribution in [0.3, 0.4) is 0 Å². The summed E-state index contributed by atoms with van der Waals surface area (Å²) in [6, 6.07) is 3.61. The van der Waals surface area contributed by atoms with E-state index in [1.807, 2.05) is 5.32 Å². The Morgan fingerprint density at radius 3 is 2.45 bits per heavy atom. The summed E-state index contributed by atoms with van der Waals surface area (Å²) >= 11 is 0. The summed E-state index contributed by atoms with van der Waals surface area (Å²) in [5.41, 5.74) is 6.13. The number of imide groups is 1. The molecule has 170 valence electrons. The Hall–Kier alpha value is -2.99. The molecule has 2 rings (SSSR count). The first-order valence-corrected chi connectivity index (χ1v) is 11.0. The predicted molar refractivity (Wildman–Crippen MR) is 112 cm³/mol. The average molecular weight is 454 g/mol. The molecular weight excluding hydrogens is 426 g/mol. The van der Waals surface area contributed by atoms with E-state index < -0.39 is 34.0 Å². The topological polar surface area (TPSA) is 154 Å². The van der Waals surface area contributed by atoms with Crippen LogP contribution in [0.4, 0.5) is 4.79 Å². The number of imidazole rings is 1. The largest absolute Gasteiger partial charge is 0.452 e. The lowest BCUT2D eigenvalue weighted by atomic mass is 10.1. The minimum atomic E-state index is -3.60. The number of esters is 1. The number of urea groups is 1. The molecule has 0 saturated carbocycles. The van der Waals surface area contributed by atoms with Crippen LogP contribution in [-0.2, 0) is 37.8 Å². The van der Waals surface area contributed by atoms with Gasteiger partial charge in [-0.1, -0.05) is 13.8 Å². The zero-order valence-electron chi connectivity index (χ0n) is 18.1. The van der Waals surface area contributed by atoms with Crippen molar-refractivity contribution in [2.24, 2.45) is 18.7 Å². The van der Waals surface area contributed by atoms with Crippen molar-refractivity contribution in [1.82, 2.24) is 19.2 Å². The summed E-state index contributed by atoms with van der Waals surface area (Å²) in [7, 11) is 1.06. The third-order valence-electron chi connectivity index (χ3n) is 4.64. The van der Waals surface area contributed by atoms with E-state index in [0.717, 1.165) is 4.31 Å². The maximum absolute atomic E-state index is 12.3. The van der Waals surface area contributed by atoms with Gasteiger partial charge in [-0.2, -0.15) is 0 Å². The van der Waals surface area contributed by atoms with E-state index in [4.69, 9.17) is 10.5 Å². The molecule has 3 amide bonds. The molecule has 0 saturated heterocycles. The molecule has 12 heteroatoms. The minimum Gasteiger partial charge on any atom is -0.452 e. The van der Waals surface area contributed by atoms with Gasteiger partial charge < -0.3 is 15.0 Å². The van der Waals surface area contributed by atoms with Gasteiger partial charge in [-0.05, 0) is 24.1 Å². The molecule has 0 aliphatic rings. The molecule has 3 N–H and O–H groups in total. The second kappa shape index (κ2) is 9.43. The van der Waals surface area contributed by atoms with Crippen LogP contribution in [0.1, 0.15) is 26.1 Å². The third-order valence-corrected chi connectivity index (χ3v) is 6.46. The number of nitrogens with two attached hydrogens (primary N) is 1. The van der Waals surface area contributed by atoms with Crippen LogP contribution in [-0.4, -0.2) is 60.4 Å². The van der Waals surface area contributed by atoms with Gasteiger partial charge in [-0.3, -0.25) is 14.9 Å². The second-order valence-electron chi connectivity index (χ2n) is 7.53. The standard InChI is InChI=1S/C19H27N5O6S/c1-11(2)17(18(26)22-19(20)27)30-16(25)9-8-15-21-13-10-12(31(28,29)23(3)4)6-7-14(13)24(15)5/h6-7,10-11,17H,8-9H2,1-5H3,(H3,20,22,26,27). The molecule has 1 aromatic carbocycles. The van der Waals surface area contributed by atoms with E-state index >= 15 is 0 Å². The summed E-state index contributed by atoms with van der Waals surface area (Å²) < 4.78 is 32.8. The fourth-order valence-corrected chi connectivity index (χ4v) is 3.85. The summed E-state index contributed by atoms with van der Waals surface area (Å²) in [5, 5.41) is 1.91. The van der Waals surface area contributed by atoms with E-state index in [1.54, 1.807) is 31.5 Å². The van der Waals surface area contributed by atoms with Crippen molar-refractivity contribution in [3.8, 4) is 0 Å². The molecule has 2 aromatic rings. The zero-order chi connectivity index (χ0) is 23.5. The van der Waals surface area contributed by atoms with Gasteiger partial charge >= 0.3 is 12.0 Å². The lowest BCUT2D eigenvalue weighted by Gasteiger charge is -2.19. The number of hydrogen-bond donors (Lipinski definition) is 2. The molecule has 0 aliphatic heterocycles. The van der Waals surface area contributed by atoms with Crippen LogP contribution in [0.5, 0.6) is 0 Å². The Bertz CT molecular complexity index is 1110. The number of rotatable bonds is 8. The Kier molecular flexibility index (Phi) is 7.39. The van der Waals surface area contributed by atoms with Crippen LogP contribution in [0.15, 0.2) is 23.1 Å². The quantitative estimate of drug-likeness (QED) is 0.552. The van der Waals surface area contributed by atoms with Gasteiger partial charge in [0.2, 0.25) is 10.0 Å². The first kappa shape index (κ1) is 24.3. The van der Waals surface area contributed by atoms with Gasteiger partial charge in [0.15, 0.2) is 6.10 Å². The molecule has 31 heavy (non-hydrogen) atoms. The molecule has 1 aromatic heterocycles. The van der Waals surface area contributed by atoms with E-state index in [1.165, 1.54) is 26.2 Å². The fourth-order valence-electron chi connectivity index (χ4n) is 2.92. The van der Waals surface area contributed by atoms with Crippen molar-refractivity contribution in [1.29, 1.82) is 0 Å². The van der Waals surface area contributed by atoms with Crippen molar-refractivity contribution >= 4 is 39.0 Å². The second-order valence-corrected chi connectivity index (χ2v) is 9.68. The minimum absolute atomic E-state index is 0.0624. The molecule has 1 heterocycles. The number of fused-ring (bicyclic) bond motifs is 1. The highest BCUT2D eigenvalue weighted by Crippen LogP contribution is 2.22. The van der Waals surface area contributed by atoms with Gasteiger partial charge in [0.25, 0.3) is 5.91 Å². The van der Waals surface area contributed by atoms with E-state index in [0.29, 0.717) is 16.9 Å². The Morgan fingerprint density at radius 2 is 1.90 bits per heavy atom. The molecule has 11 nitrogen and oxygen atoms in total. The van der Waals surface area contributed by atoms with Crippen molar-refractivity contribution in [3.05, 3.63) is 24.0 Å². The molecule has 0 aliphatic carbocycles. The molecular formula is C19H27N5O6S. The monoisotopic (exact) mass is 453 g/mol. The summed E-state index contributed by atoms with van der Waals surface area (Å²) in [5.74, 6) is -1.24. The Balaban J connectivity index is 2.15. The Labute approximate surface area is 180 Å². The highest BCUT2D eigenvalue weighted by atomic mass is 32.2. The maximum Gasteiger partial charge on any atom is 0.318 e.